The van der Waals surface area contributed by atoms with Crippen molar-refractivity contribution >= 4 is 48.7 Å². The number of hydrogen-bond acceptors (Lipinski definition) is 7. The van der Waals surface area contributed by atoms with Crippen molar-refractivity contribution in [2.45, 2.75) is 42.3 Å². The van der Waals surface area contributed by atoms with Crippen molar-refractivity contribution in [1.29, 1.82) is 5.41 Å². The summed E-state index contributed by atoms with van der Waals surface area (Å²) in [6.45, 7) is 5.45. The van der Waals surface area contributed by atoms with Crippen molar-refractivity contribution in [3.8, 4) is 22.3 Å². The lowest BCUT2D eigenvalue weighted by atomic mass is 10.0. The topological polar surface area (TPSA) is 211 Å². The van der Waals surface area contributed by atoms with Crippen LogP contribution in [0.2, 0.25) is 0 Å². The van der Waals surface area contributed by atoms with Gasteiger partial charge in [-0.05, 0) is 79.9 Å². The highest BCUT2D eigenvalue weighted by Gasteiger charge is 2.35. The summed E-state index contributed by atoms with van der Waals surface area (Å²) in [6.07, 6.45) is -4.42. The van der Waals surface area contributed by atoms with Gasteiger partial charge in [0.2, 0.25) is 26.0 Å². The Hall–Kier alpha value is -5.81. The summed E-state index contributed by atoms with van der Waals surface area (Å²) >= 11 is 0. The van der Waals surface area contributed by atoms with Gasteiger partial charge in [0.15, 0.2) is 0 Å². The molecular weight excluding hydrogens is 754 g/mol. The van der Waals surface area contributed by atoms with Crippen LogP contribution in [0.25, 0.3) is 27.8 Å². The predicted octanol–water partition coefficient (Wildman–Crippen LogP) is 6.88. The van der Waals surface area contributed by atoms with Gasteiger partial charge in [-0.15, -0.1) is 0 Å². The van der Waals surface area contributed by atoms with E-state index < -0.39 is 49.1 Å². The fourth-order valence-electron chi connectivity index (χ4n) is 5.24. The number of carbonyl (C=O) groups is 1. The third-order valence-electron chi connectivity index (χ3n) is 7.56. The average Bonchev–Trinajstić information content (AvgIpc) is 3.10. The maximum Gasteiger partial charge on any atom is 0.417 e. The molecule has 0 radical (unpaired) electrons. The van der Waals surface area contributed by atoms with Gasteiger partial charge in [-0.2, -0.15) is 13.2 Å². The van der Waals surface area contributed by atoms with Gasteiger partial charge in [0.1, 0.15) is 5.84 Å². The number of hydrogen-bond donors (Lipinski definition) is 6. The van der Waals surface area contributed by atoms with Crippen LogP contribution in [0.4, 0.5) is 24.5 Å². The van der Waals surface area contributed by atoms with Crippen LogP contribution in [0.1, 0.15) is 31.9 Å². The summed E-state index contributed by atoms with van der Waals surface area (Å²) in [6, 6.07) is 30.9. The SMILES string of the molecule is CC(C)(C)NS(=O)(=O)c1ccccc1-c1ccc(N)cc1.N=C(N)c1cccc(/C(=C\C(=O)Nc2ccc(-c3ccccc3S(N)(=O)=O)cc2)C(F)(F)F)c1. The van der Waals surface area contributed by atoms with Gasteiger partial charge < -0.3 is 16.8 Å². The number of halogens is 3. The van der Waals surface area contributed by atoms with Gasteiger partial charge in [0, 0.05) is 39.7 Å². The lowest BCUT2D eigenvalue weighted by molar-refractivity contribution is -0.112. The highest BCUT2D eigenvalue weighted by atomic mass is 32.2. The highest BCUT2D eigenvalue weighted by molar-refractivity contribution is 7.89. The molecule has 0 saturated heterocycles. The third-order valence-corrected chi connectivity index (χ3v) is 10.3. The summed E-state index contributed by atoms with van der Waals surface area (Å²) in [5.74, 6) is -1.44. The second-order valence-electron chi connectivity index (χ2n) is 13.1. The number of nitrogens with two attached hydrogens (primary N) is 3. The zero-order chi connectivity index (χ0) is 40.8. The first-order chi connectivity index (χ1) is 25.5. The molecule has 11 nitrogen and oxygen atoms in total. The van der Waals surface area contributed by atoms with Crippen molar-refractivity contribution in [1.82, 2.24) is 4.72 Å². The fourth-order valence-corrected chi connectivity index (χ4v) is 7.65. The van der Waals surface area contributed by atoms with E-state index in [2.05, 4.69) is 10.0 Å². The fraction of sp³-hybridized carbons (Fsp3) is 0.128. The van der Waals surface area contributed by atoms with Crippen molar-refractivity contribution in [2.75, 3.05) is 11.1 Å². The molecular formula is C39H39F3N6O5S2. The van der Waals surface area contributed by atoms with Gasteiger partial charge in [-0.25, -0.2) is 26.7 Å². The molecule has 0 heterocycles. The molecule has 0 aromatic heterocycles. The molecule has 0 atom stereocenters. The number of benzene rings is 5. The number of allylic oxidation sites excluding steroid dienone is 1. The van der Waals surface area contributed by atoms with E-state index in [0.717, 1.165) is 17.7 Å². The number of nitrogens with one attached hydrogen (secondary N) is 3. The molecule has 0 aliphatic carbocycles. The first kappa shape index (κ1) is 41.9. The number of nitrogen functional groups attached to an aromatic ring is 2. The van der Waals surface area contributed by atoms with Crippen LogP contribution in [-0.4, -0.2) is 40.3 Å². The molecule has 0 fully saturated rings. The largest absolute Gasteiger partial charge is 0.417 e. The first-order valence-corrected chi connectivity index (χ1v) is 19.3. The molecule has 0 spiro atoms. The summed E-state index contributed by atoms with van der Waals surface area (Å²) in [5, 5.41) is 15.0. The van der Waals surface area contributed by atoms with Gasteiger partial charge in [0.05, 0.1) is 15.4 Å². The lowest BCUT2D eigenvalue weighted by Crippen LogP contribution is -2.40. The minimum absolute atomic E-state index is 0.0858. The number of primary sulfonamides is 1. The van der Waals surface area contributed by atoms with Gasteiger partial charge in [-0.1, -0.05) is 78.9 Å². The summed E-state index contributed by atoms with van der Waals surface area (Å²) in [5.41, 5.74) is 12.2. The summed E-state index contributed by atoms with van der Waals surface area (Å²) < 4.78 is 92.3. The van der Waals surface area contributed by atoms with Gasteiger partial charge >= 0.3 is 6.18 Å². The maximum atomic E-state index is 13.6. The van der Waals surface area contributed by atoms with Crippen LogP contribution in [0.5, 0.6) is 0 Å². The van der Waals surface area contributed by atoms with Crippen LogP contribution in [0.15, 0.2) is 137 Å². The maximum absolute atomic E-state index is 13.6. The smallest absolute Gasteiger partial charge is 0.399 e. The Morgan fingerprint density at radius 2 is 1.20 bits per heavy atom. The monoisotopic (exact) mass is 792 g/mol. The van der Waals surface area contributed by atoms with Gasteiger partial charge in [0.25, 0.3) is 0 Å². The Morgan fingerprint density at radius 1 is 0.709 bits per heavy atom. The minimum atomic E-state index is -4.84. The first-order valence-electron chi connectivity index (χ1n) is 16.3. The van der Waals surface area contributed by atoms with Crippen LogP contribution in [-0.2, 0) is 24.8 Å². The number of rotatable bonds is 9. The molecule has 0 bridgehead atoms. The summed E-state index contributed by atoms with van der Waals surface area (Å²) in [4.78, 5) is 12.5. The highest BCUT2D eigenvalue weighted by Crippen LogP contribution is 2.35. The Labute approximate surface area is 317 Å². The summed E-state index contributed by atoms with van der Waals surface area (Å²) in [7, 11) is -7.57. The van der Waals surface area contributed by atoms with Crippen molar-refractivity contribution in [3.63, 3.8) is 0 Å². The Bertz CT molecular complexity index is 2450. The van der Waals surface area contributed by atoms with E-state index >= 15 is 0 Å². The van der Waals surface area contributed by atoms with E-state index in [1.807, 2.05) is 39.0 Å². The normalized spacial score (nSPS) is 12.3. The van der Waals surface area contributed by atoms with E-state index in [4.69, 9.17) is 22.0 Å². The molecule has 9 N–H and O–H groups in total. The number of amides is 1. The van der Waals surface area contributed by atoms with Gasteiger partial charge in [-0.3, -0.25) is 10.2 Å². The van der Waals surface area contributed by atoms with Crippen LogP contribution < -0.4 is 26.6 Å². The molecule has 5 aromatic rings. The molecule has 1 amide bonds. The second-order valence-corrected chi connectivity index (χ2v) is 16.3. The number of amidine groups is 1. The number of anilines is 2. The van der Waals surface area contributed by atoms with E-state index in [1.54, 1.807) is 42.5 Å². The molecule has 288 valence electrons. The Balaban J connectivity index is 0.000000274. The lowest BCUT2D eigenvalue weighted by Gasteiger charge is -2.21. The van der Waals surface area contributed by atoms with E-state index in [1.165, 1.54) is 48.5 Å². The van der Waals surface area contributed by atoms with Crippen LogP contribution in [0.3, 0.4) is 0 Å². The second kappa shape index (κ2) is 16.7. The van der Waals surface area contributed by atoms with E-state index in [9.17, 15) is 34.8 Å². The minimum Gasteiger partial charge on any atom is -0.399 e. The third kappa shape index (κ3) is 11.6. The molecule has 0 aliphatic rings. The standard InChI is InChI=1S/C23H19F3N4O3S.C16H20N2O2S/c24-23(25,26)19(15-4-3-5-16(12-15)22(27)28)13-21(31)30-17-10-8-14(9-11-17)18-6-1-2-7-20(18)34(29,32)33;1-16(2,3)18-21(19,20)15-7-5-4-6-14(15)12-8-10-13(17)11-9-12/h1-13H,(H3,27,28)(H,30,31)(H2,29,32,33);4-11,18H,17H2,1-3H3/b19-13+;. The number of alkyl halides is 3. The zero-order valence-corrected chi connectivity index (χ0v) is 31.5. The van der Waals surface area contributed by atoms with Crippen molar-refractivity contribution in [3.05, 3.63) is 139 Å². The molecule has 0 aliphatic heterocycles. The van der Waals surface area contributed by atoms with Crippen LogP contribution >= 0.6 is 0 Å². The Morgan fingerprint density at radius 3 is 1.71 bits per heavy atom. The number of carbonyl (C=O) groups excluding carboxylic acids is 1. The Kier molecular flexibility index (Phi) is 12.7. The molecule has 0 unspecified atom stereocenters. The molecule has 55 heavy (non-hydrogen) atoms. The van der Waals surface area contributed by atoms with Crippen molar-refractivity contribution in [2.24, 2.45) is 10.9 Å². The predicted molar refractivity (Wildman–Crippen MR) is 210 cm³/mol. The van der Waals surface area contributed by atoms with Crippen LogP contribution in [0, 0.1) is 5.41 Å². The van der Waals surface area contributed by atoms with E-state index in [0.29, 0.717) is 28.5 Å². The zero-order valence-electron chi connectivity index (χ0n) is 29.8. The number of sulfonamides is 2. The quantitative estimate of drug-likeness (QED) is 0.0403. The molecule has 16 heteroatoms. The average molecular weight is 793 g/mol. The molecule has 0 saturated carbocycles. The molecule has 5 rings (SSSR count). The van der Waals surface area contributed by atoms with Crippen molar-refractivity contribution < 1.29 is 34.8 Å². The molecule has 5 aromatic carbocycles. The van der Waals surface area contributed by atoms with E-state index in [-0.39, 0.29) is 26.6 Å².